The maximum atomic E-state index is 12.1. The van der Waals surface area contributed by atoms with Crippen LogP contribution in [-0.2, 0) is 4.79 Å². The Balaban J connectivity index is 1.97. The fourth-order valence-electron chi connectivity index (χ4n) is 2.45. The van der Waals surface area contributed by atoms with Crippen molar-refractivity contribution in [1.82, 2.24) is 0 Å². The molecule has 0 aliphatic carbocycles. The molecule has 0 saturated carbocycles. The number of ether oxygens (including phenoxy) is 1. The third kappa shape index (κ3) is 2.43. The molecule has 1 aliphatic heterocycles. The molecule has 0 radical (unpaired) electrons. The lowest BCUT2D eigenvalue weighted by molar-refractivity contribution is -0.116. The van der Waals surface area contributed by atoms with Crippen LogP contribution in [0.5, 0.6) is 5.75 Å². The number of carbonyl (C=O) groups is 1. The van der Waals surface area contributed by atoms with Crippen molar-refractivity contribution in [2.75, 3.05) is 17.7 Å². The molecule has 2 N–H and O–H groups in total. The molecule has 1 amide bonds. The molecule has 0 saturated heterocycles. The maximum absolute atomic E-state index is 12.1. The number of nitrogens with one attached hydrogen (secondary N) is 2. The minimum absolute atomic E-state index is 0.0779. The van der Waals surface area contributed by atoms with E-state index >= 15 is 0 Å². The van der Waals surface area contributed by atoms with Gasteiger partial charge in [0, 0.05) is 22.3 Å². The molecule has 1 aliphatic rings. The molecule has 5 heteroatoms. The lowest BCUT2D eigenvalue weighted by Gasteiger charge is -2.17. The predicted octanol–water partition coefficient (Wildman–Crippen LogP) is 3.76. The number of para-hydroxylation sites is 1. The van der Waals surface area contributed by atoms with Gasteiger partial charge in [-0.05, 0) is 24.6 Å². The Hall–Kier alpha value is -2.20. The molecule has 21 heavy (non-hydrogen) atoms. The smallest absolute Gasteiger partial charge is 0.251 e. The van der Waals surface area contributed by atoms with Gasteiger partial charge in [0.25, 0.3) is 5.91 Å². The Bertz CT molecular complexity index is 715. The van der Waals surface area contributed by atoms with Gasteiger partial charge in [-0.15, -0.1) is 0 Å². The summed E-state index contributed by atoms with van der Waals surface area (Å²) in [6, 6.07) is 10.8. The van der Waals surface area contributed by atoms with Gasteiger partial charge in [-0.2, -0.15) is 0 Å². The molecule has 1 unspecified atom stereocenters. The summed E-state index contributed by atoms with van der Waals surface area (Å²) < 4.78 is 5.34. The van der Waals surface area contributed by atoms with Crippen LogP contribution in [0.25, 0.3) is 0 Å². The van der Waals surface area contributed by atoms with Crippen molar-refractivity contribution in [3.8, 4) is 5.75 Å². The van der Waals surface area contributed by atoms with E-state index in [1.807, 2.05) is 37.3 Å². The number of carbonyl (C=O) groups excluding carboxylic acids is 1. The van der Waals surface area contributed by atoms with Gasteiger partial charge in [0.1, 0.15) is 11.8 Å². The van der Waals surface area contributed by atoms with Crippen molar-refractivity contribution in [2.45, 2.75) is 13.0 Å². The number of halogens is 1. The number of benzene rings is 2. The highest BCUT2D eigenvalue weighted by Crippen LogP contribution is 2.37. The summed E-state index contributed by atoms with van der Waals surface area (Å²) >= 11 is 6.10. The molecule has 2 aromatic rings. The number of methoxy groups -OCH3 is 1. The number of hydrogen-bond donors (Lipinski definition) is 2. The molecule has 0 bridgehead atoms. The Kier molecular flexibility index (Phi) is 3.47. The molecule has 1 atom stereocenters. The van der Waals surface area contributed by atoms with Crippen molar-refractivity contribution in [1.29, 1.82) is 0 Å². The first-order valence-corrected chi connectivity index (χ1v) is 6.98. The quantitative estimate of drug-likeness (QED) is 0.907. The Morgan fingerprint density at radius 3 is 2.81 bits per heavy atom. The maximum Gasteiger partial charge on any atom is 0.251 e. The average Bonchev–Trinajstić information content (AvgIpc) is 2.79. The molecule has 3 rings (SSSR count). The van der Waals surface area contributed by atoms with Crippen LogP contribution in [0.15, 0.2) is 36.4 Å². The zero-order chi connectivity index (χ0) is 15.0. The first kappa shape index (κ1) is 13.8. The highest BCUT2D eigenvalue weighted by atomic mass is 35.5. The van der Waals surface area contributed by atoms with Gasteiger partial charge in [0.2, 0.25) is 0 Å². The topological polar surface area (TPSA) is 50.4 Å². The fourth-order valence-corrected chi connectivity index (χ4v) is 2.61. The number of fused-ring (bicyclic) bond motifs is 1. The Labute approximate surface area is 128 Å². The average molecular weight is 303 g/mol. The normalized spacial score (nSPS) is 16.3. The molecular weight excluding hydrogens is 288 g/mol. The minimum atomic E-state index is -0.435. The van der Waals surface area contributed by atoms with Crippen molar-refractivity contribution in [2.24, 2.45) is 0 Å². The minimum Gasteiger partial charge on any atom is -0.495 e. The third-order valence-corrected chi connectivity index (χ3v) is 3.98. The fraction of sp³-hybridized carbons (Fsp3) is 0.188. The van der Waals surface area contributed by atoms with E-state index in [-0.39, 0.29) is 5.91 Å². The van der Waals surface area contributed by atoms with Crippen LogP contribution >= 0.6 is 11.6 Å². The zero-order valence-corrected chi connectivity index (χ0v) is 12.5. The van der Waals surface area contributed by atoms with Crippen LogP contribution in [-0.4, -0.2) is 13.0 Å². The predicted molar refractivity (Wildman–Crippen MR) is 84.2 cm³/mol. The van der Waals surface area contributed by atoms with Crippen molar-refractivity contribution < 1.29 is 9.53 Å². The van der Waals surface area contributed by atoms with Crippen LogP contribution < -0.4 is 15.4 Å². The standard InChI is InChI=1S/C16H15ClN2O2/c1-9-7-13(14(21-2)8-11(9)17)18-15-10-5-3-4-6-12(10)19-16(15)20/h3-8,15,18H,1-2H3,(H,19,20). The Morgan fingerprint density at radius 2 is 2.05 bits per heavy atom. The van der Waals surface area contributed by atoms with E-state index in [2.05, 4.69) is 10.6 Å². The lowest BCUT2D eigenvalue weighted by Crippen LogP contribution is -2.20. The summed E-state index contributed by atoms with van der Waals surface area (Å²) in [5, 5.41) is 6.73. The summed E-state index contributed by atoms with van der Waals surface area (Å²) in [5.74, 6) is 0.536. The first-order chi connectivity index (χ1) is 10.1. The molecule has 0 aromatic heterocycles. The zero-order valence-electron chi connectivity index (χ0n) is 11.7. The van der Waals surface area contributed by atoms with E-state index in [1.54, 1.807) is 13.2 Å². The van der Waals surface area contributed by atoms with Crippen molar-refractivity contribution in [3.63, 3.8) is 0 Å². The van der Waals surface area contributed by atoms with Gasteiger partial charge in [0.05, 0.1) is 12.8 Å². The second-order valence-electron chi connectivity index (χ2n) is 4.96. The van der Waals surface area contributed by atoms with Gasteiger partial charge in [0.15, 0.2) is 0 Å². The number of aryl methyl sites for hydroxylation is 1. The summed E-state index contributed by atoms with van der Waals surface area (Å²) in [4.78, 5) is 12.1. The number of rotatable bonds is 3. The first-order valence-electron chi connectivity index (χ1n) is 6.60. The highest BCUT2D eigenvalue weighted by Gasteiger charge is 2.30. The van der Waals surface area contributed by atoms with Crippen LogP contribution in [0, 0.1) is 6.92 Å². The monoisotopic (exact) mass is 302 g/mol. The van der Waals surface area contributed by atoms with Gasteiger partial charge >= 0.3 is 0 Å². The Morgan fingerprint density at radius 1 is 1.29 bits per heavy atom. The second-order valence-corrected chi connectivity index (χ2v) is 5.36. The summed E-state index contributed by atoms with van der Waals surface area (Å²) in [7, 11) is 1.58. The van der Waals surface area contributed by atoms with E-state index in [0.717, 1.165) is 22.5 Å². The van der Waals surface area contributed by atoms with Gasteiger partial charge in [-0.3, -0.25) is 4.79 Å². The van der Waals surface area contributed by atoms with Crippen LogP contribution in [0.3, 0.4) is 0 Å². The van der Waals surface area contributed by atoms with Gasteiger partial charge in [-0.25, -0.2) is 0 Å². The lowest BCUT2D eigenvalue weighted by atomic mass is 10.1. The van der Waals surface area contributed by atoms with E-state index in [1.165, 1.54) is 0 Å². The largest absolute Gasteiger partial charge is 0.495 e. The SMILES string of the molecule is COc1cc(Cl)c(C)cc1NC1C(=O)Nc2ccccc21. The number of anilines is 2. The van der Waals surface area contributed by atoms with Crippen molar-refractivity contribution in [3.05, 3.63) is 52.5 Å². The number of amides is 1. The highest BCUT2D eigenvalue weighted by molar-refractivity contribution is 6.31. The van der Waals surface area contributed by atoms with Crippen LogP contribution in [0.1, 0.15) is 17.2 Å². The molecule has 108 valence electrons. The molecule has 4 nitrogen and oxygen atoms in total. The van der Waals surface area contributed by atoms with Crippen LogP contribution in [0.4, 0.5) is 11.4 Å². The molecular formula is C16H15ClN2O2. The molecule has 1 heterocycles. The second kappa shape index (κ2) is 5.30. The van der Waals surface area contributed by atoms with Crippen LogP contribution in [0.2, 0.25) is 5.02 Å². The van der Waals surface area contributed by atoms with E-state index in [9.17, 15) is 4.79 Å². The van der Waals surface area contributed by atoms with Gasteiger partial charge in [-0.1, -0.05) is 29.8 Å². The van der Waals surface area contributed by atoms with Gasteiger partial charge < -0.3 is 15.4 Å². The molecule has 0 fully saturated rings. The van der Waals surface area contributed by atoms with E-state index in [4.69, 9.17) is 16.3 Å². The number of hydrogen-bond acceptors (Lipinski definition) is 3. The summed E-state index contributed by atoms with van der Waals surface area (Å²) in [5.41, 5.74) is 3.43. The van der Waals surface area contributed by atoms with E-state index < -0.39 is 6.04 Å². The summed E-state index contributed by atoms with van der Waals surface area (Å²) in [6.07, 6.45) is 0. The van der Waals surface area contributed by atoms with Crippen molar-refractivity contribution >= 4 is 28.9 Å². The summed E-state index contributed by atoms with van der Waals surface area (Å²) in [6.45, 7) is 1.91. The third-order valence-electron chi connectivity index (χ3n) is 3.57. The molecule has 2 aromatic carbocycles. The molecule has 0 spiro atoms. The van der Waals surface area contributed by atoms with E-state index in [0.29, 0.717) is 10.8 Å².